The number of fused-ring (bicyclic) bond motifs is 2. The molecule has 0 aromatic carbocycles. The van der Waals surface area contributed by atoms with Crippen LogP contribution in [0.5, 0.6) is 0 Å². The summed E-state index contributed by atoms with van der Waals surface area (Å²) >= 11 is 6.11. The summed E-state index contributed by atoms with van der Waals surface area (Å²) < 4.78 is 30.0. The van der Waals surface area contributed by atoms with Crippen molar-refractivity contribution in [3.8, 4) is 22.8 Å². The summed E-state index contributed by atoms with van der Waals surface area (Å²) in [5, 5.41) is 12.1. The predicted octanol–water partition coefficient (Wildman–Crippen LogP) is 7.69. The van der Waals surface area contributed by atoms with Gasteiger partial charge in [-0.2, -0.15) is 29.2 Å². The van der Waals surface area contributed by atoms with Crippen LogP contribution in [0.1, 0.15) is 69.2 Å². The number of aromatic amines is 2. The van der Waals surface area contributed by atoms with Gasteiger partial charge in [0.25, 0.3) is 0 Å². The highest BCUT2D eigenvalue weighted by Gasteiger charge is 2.17. The Morgan fingerprint density at radius 1 is 0.714 bits per heavy atom. The van der Waals surface area contributed by atoms with Crippen molar-refractivity contribution in [2.75, 3.05) is 18.4 Å². The molecule has 8 heterocycles. The smallest absolute Gasteiger partial charge is 0.227 e. The van der Waals surface area contributed by atoms with E-state index in [9.17, 15) is 8.78 Å². The first-order valence-corrected chi connectivity index (χ1v) is 18.0. The zero-order valence-corrected chi connectivity index (χ0v) is 31.5. The zero-order chi connectivity index (χ0) is 38.9. The number of nitrogens with one attached hydrogen (secondary N) is 3. The molecule has 8 aromatic rings. The van der Waals surface area contributed by atoms with Gasteiger partial charge >= 0.3 is 0 Å². The first-order valence-electron chi connectivity index (χ1n) is 17.7. The van der Waals surface area contributed by atoms with Crippen molar-refractivity contribution in [2.24, 2.45) is 5.73 Å². The van der Waals surface area contributed by atoms with E-state index in [0.29, 0.717) is 46.6 Å². The van der Waals surface area contributed by atoms with Crippen molar-refractivity contribution in [3.63, 3.8) is 0 Å². The third-order valence-electron chi connectivity index (χ3n) is 8.38. The highest BCUT2D eigenvalue weighted by Crippen LogP contribution is 2.26. The van der Waals surface area contributed by atoms with E-state index < -0.39 is 11.6 Å². The molecule has 8 rings (SSSR count). The Balaban J connectivity index is 0.000000181. The highest BCUT2D eigenvalue weighted by molar-refractivity contribution is 6.28. The van der Waals surface area contributed by atoms with Crippen molar-refractivity contribution in [2.45, 2.75) is 59.8 Å². The Morgan fingerprint density at radius 2 is 1.23 bits per heavy atom. The summed E-state index contributed by atoms with van der Waals surface area (Å²) in [7, 11) is 0. The van der Waals surface area contributed by atoms with Crippen LogP contribution >= 0.6 is 11.6 Å². The van der Waals surface area contributed by atoms with Crippen LogP contribution in [-0.2, 0) is 12.8 Å². The molecule has 292 valence electrons. The lowest BCUT2D eigenvalue weighted by Crippen LogP contribution is -2.12. The van der Waals surface area contributed by atoms with Crippen LogP contribution in [0.4, 0.5) is 14.7 Å². The molecular formula is C39H45ClF2N14. The summed E-state index contributed by atoms with van der Waals surface area (Å²) in [6.45, 7) is 9.66. The minimum Gasteiger partial charge on any atom is -0.367 e. The lowest BCUT2D eigenvalue weighted by atomic mass is 10.1. The topological polar surface area (TPSA) is 182 Å². The molecule has 14 nitrogen and oxygen atoms in total. The Labute approximate surface area is 328 Å². The third-order valence-corrected chi connectivity index (χ3v) is 8.62. The van der Waals surface area contributed by atoms with Crippen LogP contribution in [0.2, 0.25) is 5.28 Å². The summed E-state index contributed by atoms with van der Waals surface area (Å²) in [6, 6.07) is 6.77. The fraction of sp³-hybridized carbons (Fsp3) is 0.282. The van der Waals surface area contributed by atoms with E-state index in [1.165, 1.54) is 34.0 Å². The summed E-state index contributed by atoms with van der Waals surface area (Å²) in [6.07, 6.45) is 18.4. The van der Waals surface area contributed by atoms with Crippen LogP contribution in [-0.4, -0.2) is 72.2 Å². The molecule has 0 saturated heterocycles. The van der Waals surface area contributed by atoms with Crippen LogP contribution < -0.4 is 11.1 Å². The third kappa shape index (κ3) is 9.94. The molecule has 17 heteroatoms. The van der Waals surface area contributed by atoms with Crippen molar-refractivity contribution in [3.05, 3.63) is 125 Å². The maximum absolute atomic E-state index is 13.6. The highest BCUT2D eigenvalue weighted by atomic mass is 35.5. The van der Waals surface area contributed by atoms with Crippen LogP contribution in [0.25, 0.3) is 34.1 Å². The second-order valence-electron chi connectivity index (χ2n) is 13.1. The maximum atomic E-state index is 13.6. The second kappa shape index (κ2) is 19.0. The van der Waals surface area contributed by atoms with E-state index in [-0.39, 0.29) is 24.5 Å². The fourth-order valence-corrected chi connectivity index (χ4v) is 5.73. The number of pyridine rings is 2. The predicted molar refractivity (Wildman–Crippen MR) is 214 cm³/mol. The Hall–Kier alpha value is -6.13. The van der Waals surface area contributed by atoms with Gasteiger partial charge in [0.05, 0.1) is 24.8 Å². The number of nitrogens with two attached hydrogens (primary N) is 1. The van der Waals surface area contributed by atoms with E-state index in [4.69, 9.17) is 17.3 Å². The minimum atomic E-state index is -0.445. The molecule has 0 spiro atoms. The van der Waals surface area contributed by atoms with Crippen molar-refractivity contribution >= 4 is 28.8 Å². The Morgan fingerprint density at radius 3 is 1.73 bits per heavy atom. The first-order chi connectivity index (χ1) is 26.6. The van der Waals surface area contributed by atoms with Crippen LogP contribution in [0.15, 0.2) is 86.2 Å². The number of hydrogen-bond donors (Lipinski definition) is 4. The molecule has 0 radical (unpaired) electrons. The van der Waals surface area contributed by atoms with Crippen molar-refractivity contribution < 1.29 is 8.78 Å². The number of H-pyrrole nitrogens is 2. The molecule has 0 atom stereocenters. The molecular weight excluding hydrogens is 738 g/mol. The number of hydrogen-bond acceptors (Lipinski definition) is 10. The number of aromatic nitrogens is 12. The largest absolute Gasteiger partial charge is 0.367 e. The average molecular weight is 783 g/mol. The number of halogens is 3. The molecule has 5 N–H and O–H groups in total. The standard InChI is InChI=1S/C19H20FN7.C13H11ClFN5.C6H10N2.CH4/c1-12(2)16-11-24-27-18(16)25-17(14-7-15(20)10-22-9-14)26-19(27)23-6-4-13-3-5-21-8-13;1-7(2)10-6-17-20-12(10)18-11(19-13(20)14)8-3-9(15)5-16-4-8;7-3-1-6-2-4-8-5-6;/h3,5,7-12,21H,4,6H2,1-2H3,(H,23,25,26);3-7H,1-2H3;2,4-5,8H,1,3,7H2;1H4. The van der Waals surface area contributed by atoms with Gasteiger partial charge in [0.15, 0.2) is 22.9 Å². The molecule has 56 heavy (non-hydrogen) atoms. The van der Waals surface area contributed by atoms with E-state index in [1.54, 1.807) is 23.1 Å². The maximum Gasteiger partial charge on any atom is 0.227 e. The SMILES string of the molecule is C.CC(C)c1cnn2c(Cl)nc(-c3cncc(F)c3)nc12.CC(C)c1cnn2c(NCCc3cc[nH]c3)nc(-c3cncc(F)c3)nc12.NCCc1cc[nH]c1. The lowest BCUT2D eigenvalue weighted by Gasteiger charge is -2.10. The lowest BCUT2D eigenvalue weighted by molar-refractivity contribution is 0.621. The summed E-state index contributed by atoms with van der Waals surface area (Å²) in [5.41, 5.74) is 12.1. The van der Waals surface area contributed by atoms with Gasteiger partial charge in [-0.3, -0.25) is 9.97 Å². The van der Waals surface area contributed by atoms with Crippen LogP contribution in [0.3, 0.4) is 0 Å². The van der Waals surface area contributed by atoms with Gasteiger partial charge in [-0.25, -0.2) is 18.7 Å². The fourth-order valence-electron chi connectivity index (χ4n) is 5.52. The molecule has 8 aromatic heterocycles. The molecule has 0 saturated carbocycles. The first kappa shape index (κ1) is 41.0. The number of nitrogens with zero attached hydrogens (tertiary/aromatic N) is 10. The van der Waals surface area contributed by atoms with E-state index in [2.05, 4.69) is 69.2 Å². The van der Waals surface area contributed by atoms with Crippen molar-refractivity contribution in [1.82, 2.24) is 59.1 Å². The zero-order valence-electron chi connectivity index (χ0n) is 30.7. The average Bonchev–Trinajstić information content (AvgIpc) is 4.00. The van der Waals surface area contributed by atoms with Gasteiger partial charge in [-0.05, 0) is 78.2 Å². The molecule has 0 fully saturated rings. The molecule has 0 aliphatic rings. The Kier molecular flexibility index (Phi) is 13.9. The van der Waals surface area contributed by atoms with E-state index >= 15 is 0 Å². The van der Waals surface area contributed by atoms with Gasteiger partial charge in [-0.1, -0.05) is 35.1 Å². The van der Waals surface area contributed by atoms with Crippen LogP contribution in [0, 0.1) is 11.6 Å². The van der Waals surface area contributed by atoms with E-state index in [1.807, 2.05) is 50.8 Å². The normalized spacial score (nSPS) is 11.0. The molecule has 0 amide bonds. The van der Waals surface area contributed by atoms with Gasteiger partial charge in [0, 0.05) is 66.0 Å². The van der Waals surface area contributed by atoms with Gasteiger partial charge in [0.1, 0.15) is 11.6 Å². The number of anilines is 1. The molecule has 0 unspecified atom stereocenters. The van der Waals surface area contributed by atoms with E-state index in [0.717, 1.165) is 42.9 Å². The van der Waals surface area contributed by atoms with Gasteiger partial charge < -0.3 is 21.0 Å². The summed E-state index contributed by atoms with van der Waals surface area (Å²) in [4.78, 5) is 31.5. The quantitative estimate of drug-likeness (QED) is 0.107. The monoisotopic (exact) mass is 782 g/mol. The van der Waals surface area contributed by atoms with Crippen molar-refractivity contribution in [1.29, 1.82) is 0 Å². The van der Waals surface area contributed by atoms with Gasteiger partial charge in [0.2, 0.25) is 11.2 Å². The molecule has 0 aliphatic carbocycles. The summed E-state index contributed by atoms with van der Waals surface area (Å²) in [5.74, 6) is 0.954. The van der Waals surface area contributed by atoms with Gasteiger partial charge in [-0.15, -0.1) is 0 Å². The molecule has 0 bridgehead atoms. The molecule has 0 aliphatic heterocycles. The second-order valence-corrected chi connectivity index (χ2v) is 13.4. The number of rotatable bonds is 10. The minimum absolute atomic E-state index is 0. The Bertz CT molecular complexity index is 2440.